The van der Waals surface area contributed by atoms with Crippen LogP contribution in [0.1, 0.15) is 29.8 Å². The van der Waals surface area contributed by atoms with Gasteiger partial charge in [0.1, 0.15) is 12.4 Å². The molecule has 0 aliphatic carbocycles. The van der Waals surface area contributed by atoms with Gasteiger partial charge in [0, 0.05) is 24.0 Å². The fourth-order valence-corrected chi connectivity index (χ4v) is 3.35. The lowest BCUT2D eigenvalue weighted by atomic mass is 10.1. The molecule has 1 atom stereocenters. The monoisotopic (exact) mass is 373 g/mol. The number of aromatic nitrogens is 1. The molecule has 136 valence electrons. The van der Waals surface area contributed by atoms with Crippen LogP contribution in [0.4, 0.5) is 11.5 Å². The van der Waals surface area contributed by atoms with Crippen molar-refractivity contribution in [1.29, 1.82) is 0 Å². The van der Waals surface area contributed by atoms with Crippen molar-refractivity contribution in [3.8, 4) is 0 Å². The van der Waals surface area contributed by atoms with Gasteiger partial charge in [-0.15, -0.1) is 11.3 Å². The Labute approximate surface area is 155 Å². The maximum Gasteiger partial charge on any atom is 0.345 e. The predicted molar refractivity (Wildman–Crippen MR) is 98.7 cm³/mol. The largest absolute Gasteiger partial charge is 0.388 e. The van der Waals surface area contributed by atoms with Crippen LogP contribution in [0, 0.1) is 0 Å². The molecular formula is C18H19N3O4S. The zero-order valence-corrected chi connectivity index (χ0v) is 15.3. The zero-order valence-electron chi connectivity index (χ0n) is 14.5. The van der Waals surface area contributed by atoms with Crippen molar-refractivity contribution in [3.63, 3.8) is 0 Å². The Hall–Kier alpha value is -2.74. The van der Waals surface area contributed by atoms with Crippen LogP contribution in [0.5, 0.6) is 0 Å². The van der Waals surface area contributed by atoms with E-state index in [1.54, 1.807) is 28.6 Å². The number of anilines is 2. The second-order valence-electron chi connectivity index (χ2n) is 6.01. The molecular weight excluding hydrogens is 354 g/mol. The summed E-state index contributed by atoms with van der Waals surface area (Å²) in [6, 6.07) is 4.73. The van der Waals surface area contributed by atoms with Crippen LogP contribution in [0.2, 0.25) is 0 Å². The molecule has 0 saturated heterocycles. The summed E-state index contributed by atoms with van der Waals surface area (Å²) in [5, 5.41) is 4.91. The Morgan fingerprint density at radius 2 is 2.19 bits per heavy atom. The van der Waals surface area contributed by atoms with Gasteiger partial charge >= 0.3 is 11.9 Å². The third kappa shape index (κ3) is 3.91. The summed E-state index contributed by atoms with van der Waals surface area (Å²) in [7, 11) is 0. The summed E-state index contributed by atoms with van der Waals surface area (Å²) in [5.74, 6) is -0.624. The molecule has 26 heavy (non-hydrogen) atoms. The van der Waals surface area contributed by atoms with E-state index in [1.807, 2.05) is 12.3 Å². The molecule has 0 amide bonds. The minimum Gasteiger partial charge on any atom is -0.388 e. The highest BCUT2D eigenvalue weighted by Crippen LogP contribution is 2.27. The van der Waals surface area contributed by atoms with Gasteiger partial charge in [0.15, 0.2) is 5.78 Å². The van der Waals surface area contributed by atoms with E-state index in [9.17, 15) is 14.4 Å². The van der Waals surface area contributed by atoms with E-state index in [4.69, 9.17) is 4.74 Å². The van der Waals surface area contributed by atoms with Gasteiger partial charge in [0.05, 0.1) is 17.1 Å². The highest BCUT2D eigenvalue weighted by molar-refractivity contribution is 7.07. The summed E-state index contributed by atoms with van der Waals surface area (Å²) in [4.78, 5) is 41.7. The lowest BCUT2D eigenvalue weighted by Gasteiger charge is -2.18. The van der Waals surface area contributed by atoms with Gasteiger partial charge in [-0.3, -0.25) is 4.79 Å². The van der Waals surface area contributed by atoms with Crippen LogP contribution in [0.15, 0.2) is 29.1 Å². The van der Waals surface area contributed by atoms with Gasteiger partial charge in [-0.25, -0.2) is 14.6 Å². The molecule has 0 radical (unpaired) electrons. The molecule has 0 fully saturated rings. The number of ketones is 1. The smallest absolute Gasteiger partial charge is 0.345 e. The van der Waals surface area contributed by atoms with Crippen molar-refractivity contribution in [2.75, 3.05) is 23.3 Å². The van der Waals surface area contributed by atoms with Gasteiger partial charge in [-0.05, 0) is 31.5 Å². The predicted octanol–water partition coefficient (Wildman–Crippen LogP) is 2.28. The van der Waals surface area contributed by atoms with E-state index in [0.29, 0.717) is 18.8 Å². The summed E-state index contributed by atoms with van der Waals surface area (Å²) < 4.78 is 4.96. The molecule has 1 unspecified atom stereocenters. The number of fused-ring (bicyclic) bond motifs is 1. The topological polar surface area (TPSA) is 88.6 Å². The number of nitrogens with zero attached hydrogens (tertiary/aromatic N) is 2. The number of likely N-dealkylation sites (N-methyl/N-ethyl adjacent to an activating group) is 1. The quantitative estimate of drug-likeness (QED) is 0.614. The average molecular weight is 373 g/mol. The Morgan fingerprint density at radius 3 is 2.85 bits per heavy atom. The van der Waals surface area contributed by atoms with Crippen LogP contribution in [-0.4, -0.2) is 41.8 Å². The van der Waals surface area contributed by atoms with E-state index in [-0.39, 0.29) is 23.9 Å². The van der Waals surface area contributed by atoms with Gasteiger partial charge < -0.3 is 15.0 Å². The third-order valence-corrected chi connectivity index (χ3v) is 4.82. The second kappa shape index (κ2) is 7.65. The number of thiazole rings is 1. The molecule has 0 spiro atoms. The summed E-state index contributed by atoms with van der Waals surface area (Å²) in [6.45, 7) is 3.94. The van der Waals surface area contributed by atoms with Crippen molar-refractivity contribution in [1.82, 2.24) is 4.98 Å². The van der Waals surface area contributed by atoms with Crippen LogP contribution in [0.25, 0.3) is 0 Å². The Bertz CT molecular complexity index is 835. The van der Waals surface area contributed by atoms with Gasteiger partial charge in [-0.2, -0.15) is 0 Å². The fraction of sp³-hybridized carbons (Fsp3) is 0.333. The molecule has 0 saturated carbocycles. The minimum atomic E-state index is -0.708. The van der Waals surface area contributed by atoms with Crippen LogP contribution in [0.3, 0.4) is 0 Å². The van der Waals surface area contributed by atoms with Gasteiger partial charge in [0.25, 0.3) is 0 Å². The zero-order chi connectivity index (χ0) is 18.7. The summed E-state index contributed by atoms with van der Waals surface area (Å²) >= 11 is 1.43. The number of carbonyl (C=O) groups excluding carboxylic acids is 3. The molecule has 1 aromatic carbocycles. The van der Waals surface area contributed by atoms with Crippen molar-refractivity contribution in [2.24, 2.45) is 0 Å². The van der Waals surface area contributed by atoms with E-state index in [2.05, 4.69) is 10.3 Å². The Morgan fingerprint density at radius 1 is 1.38 bits per heavy atom. The fourth-order valence-electron chi connectivity index (χ4n) is 2.79. The van der Waals surface area contributed by atoms with E-state index in [1.165, 1.54) is 18.3 Å². The molecule has 7 nitrogen and oxygen atoms in total. The third-order valence-electron chi connectivity index (χ3n) is 4.24. The minimum absolute atomic E-state index is 0.0437. The second-order valence-corrected chi connectivity index (χ2v) is 6.72. The van der Waals surface area contributed by atoms with E-state index in [0.717, 1.165) is 11.3 Å². The maximum absolute atomic E-state index is 12.3. The molecule has 1 aliphatic rings. The lowest BCUT2D eigenvalue weighted by molar-refractivity contribution is -0.136. The molecule has 1 aliphatic heterocycles. The highest BCUT2D eigenvalue weighted by atomic mass is 32.1. The van der Waals surface area contributed by atoms with Crippen molar-refractivity contribution >= 4 is 40.6 Å². The standard InChI is InChI=1S/C18H19N3O4S/c1-3-21(16-9-26-10-19-16)8-17(23)25-18(24)13-5-4-12-6-14(11(2)22)20-15(12)7-13/h4-5,7,9-10,14,20H,3,6,8H2,1-2H3. The Balaban J connectivity index is 1.63. The number of rotatable bonds is 6. The lowest BCUT2D eigenvalue weighted by Crippen LogP contribution is -2.32. The normalized spacial score (nSPS) is 15.1. The van der Waals surface area contributed by atoms with Crippen LogP contribution >= 0.6 is 11.3 Å². The first-order valence-corrected chi connectivity index (χ1v) is 9.20. The number of carbonyl (C=O) groups is 3. The number of Topliss-reactive ketones (excluding diaryl/α,β-unsaturated/α-hetero) is 1. The first kappa shape index (κ1) is 18.1. The first-order valence-electron chi connectivity index (χ1n) is 8.26. The molecule has 3 rings (SSSR count). The number of esters is 2. The van der Waals surface area contributed by atoms with Crippen molar-refractivity contribution in [3.05, 3.63) is 40.2 Å². The molecule has 8 heteroatoms. The summed E-state index contributed by atoms with van der Waals surface area (Å²) in [5.41, 5.74) is 3.64. The molecule has 2 heterocycles. The molecule has 0 bridgehead atoms. The van der Waals surface area contributed by atoms with Crippen LogP contribution in [-0.2, 0) is 20.7 Å². The first-order chi connectivity index (χ1) is 12.5. The SMILES string of the molecule is CCN(CC(=O)OC(=O)c1ccc2c(c1)NC(C(C)=O)C2)c1cscn1. The average Bonchev–Trinajstić information content (AvgIpc) is 3.28. The molecule has 1 N–H and O–H groups in total. The van der Waals surface area contributed by atoms with Crippen molar-refractivity contribution < 1.29 is 19.1 Å². The van der Waals surface area contributed by atoms with Crippen molar-refractivity contribution in [2.45, 2.75) is 26.3 Å². The highest BCUT2D eigenvalue weighted by Gasteiger charge is 2.25. The molecule has 2 aromatic rings. The molecule has 1 aromatic heterocycles. The number of hydrogen-bond donors (Lipinski definition) is 1. The number of nitrogens with one attached hydrogen (secondary N) is 1. The maximum atomic E-state index is 12.3. The van der Waals surface area contributed by atoms with Crippen LogP contribution < -0.4 is 10.2 Å². The number of ether oxygens (including phenoxy) is 1. The van der Waals surface area contributed by atoms with E-state index < -0.39 is 11.9 Å². The Kier molecular flexibility index (Phi) is 5.32. The number of benzene rings is 1. The summed E-state index contributed by atoms with van der Waals surface area (Å²) in [6.07, 6.45) is 0.595. The van der Waals surface area contributed by atoms with E-state index >= 15 is 0 Å². The number of hydrogen-bond acceptors (Lipinski definition) is 8. The van der Waals surface area contributed by atoms with Gasteiger partial charge in [-0.1, -0.05) is 6.07 Å². The van der Waals surface area contributed by atoms with Gasteiger partial charge in [0.2, 0.25) is 0 Å².